The number of ether oxygens (including phenoxy) is 2. The van der Waals surface area contributed by atoms with E-state index in [9.17, 15) is 4.79 Å². The van der Waals surface area contributed by atoms with E-state index >= 15 is 0 Å². The van der Waals surface area contributed by atoms with Crippen LogP contribution in [0, 0.1) is 5.92 Å². The number of aliphatic imine (C=N–C) groups is 1. The Morgan fingerprint density at radius 2 is 2.25 bits per heavy atom. The molecule has 2 N–H and O–H groups in total. The molecule has 1 rings (SSSR count). The maximum Gasteiger partial charge on any atom is 0.243 e. The molecule has 1 saturated heterocycles. The fourth-order valence-electron chi connectivity index (χ4n) is 1.72. The zero-order valence-electron chi connectivity index (χ0n) is 12.6. The number of rotatable bonds is 7. The Hall–Kier alpha value is -1.34. The molecule has 0 saturated carbocycles. The molecule has 0 bridgehead atoms. The van der Waals surface area contributed by atoms with Crippen LogP contribution < -0.4 is 10.6 Å². The van der Waals surface area contributed by atoms with E-state index in [-0.39, 0.29) is 12.5 Å². The van der Waals surface area contributed by atoms with Crippen LogP contribution in [-0.2, 0) is 14.3 Å². The van der Waals surface area contributed by atoms with E-state index in [4.69, 9.17) is 9.47 Å². The van der Waals surface area contributed by atoms with Gasteiger partial charge in [0.25, 0.3) is 0 Å². The Morgan fingerprint density at radius 3 is 2.85 bits per heavy atom. The van der Waals surface area contributed by atoms with E-state index in [2.05, 4.69) is 15.6 Å². The topological polar surface area (TPSA) is 75.2 Å². The van der Waals surface area contributed by atoms with Crippen molar-refractivity contribution in [2.24, 2.45) is 10.9 Å². The van der Waals surface area contributed by atoms with Gasteiger partial charge in [0.05, 0.1) is 13.2 Å². The van der Waals surface area contributed by atoms with Crippen molar-refractivity contribution in [3.8, 4) is 0 Å². The first-order valence-electron chi connectivity index (χ1n) is 6.92. The number of guanidine groups is 1. The molecular formula is C13H26N4O3. The van der Waals surface area contributed by atoms with E-state index in [1.165, 1.54) is 4.90 Å². The van der Waals surface area contributed by atoms with Crippen LogP contribution >= 0.6 is 0 Å². The Balaban J connectivity index is 2.40. The van der Waals surface area contributed by atoms with Crippen molar-refractivity contribution in [1.82, 2.24) is 15.5 Å². The van der Waals surface area contributed by atoms with E-state index in [1.54, 1.807) is 21.2 Å². The Labute approximate surface area is 120 Å². The molecular weight excluding hydrogens is 260 g/mol. The van der Waals surface area contributed by atoms with Gasteiger partial charge in [0.2, 0.25) is 5.91 Å². The monoisotopic (exact) mass is 286 g/mol. The van der Waals surface area contributed by atoms with Crippen LogP contribution in [0.15, 0.2) is 4.99 Å². The third-order valence-corrected chi connectivity index (χ3v) is 3.05. The highest BCUT2D eigenvalue weighted by molar-refractivity contribution is 5.84. The number of likely N-dealkylation sites (N-methyl/N-ethyl adjacent to an activating group) is 1. The number of carbonyl (C=O) groups is 1. The Morgan fingerprint density at radius 1 is 1.45 bits per heavy atom. The van der Waals surface area contributed by atoms with Gasteiger partial charge in [-0.1, -0.05) is 0 Å². The summed E-state index contributed by atoms with van der Waals surface area (Å²) < 4.78 is 10.3. The molecule has 0 aromatic carbocycles. The van der Waals surface area contributed by atoms with Gasteiger partial charge in [0.15, 0.2) is 5.96 Å². The number of nitrogens with zero attached hydrogens (tertiary/aromatic N) is 2. The van der Waals surface area contributed by atoms with Crippen molar-refractivity contribution in [1.29, 1.82) is 0 Å². The average Bonchev–Trinajstić information content (AvgIpc) is 2.94. The van der Waals surface area contributed by atoms with Crippen LogP contribution in [-0.4, -0.2) is 77.4 Å². The summed E-state index contributed by atoms with van der Waals surface area (Å²) in [5.41, 5.74) is 0. The van der Waals surface area contributed by atoms with Crippen LogP contribution in [0.25, 0.3) is 0 Å². The molecule has 1 heterocycles. The maximum absolute atomic E-state index is 11.6. The lowest BCUT2D eigenvalue weighted by Crippen LogP contribution is -2.42. The Kier molecular flexibility index (Phi) is 7.98. The van der Waals surface area contributed by atoms with Crippen molar-refractivity contribution in [2.45, 2.75) is 6.42 Å². The van der Waals surface area contributed by atoms with E-state index < -0.39 is 0 Å². The summed E-state index contributed by atoms with van der Waals surface area (Å²) in [5, 5.41) is 6.39. The summed E-state index contributed by atoms with van der Waals surface area (Å²) in [6.45, 7) is 3.80. The number of hydrogen-bond acceptors (Lipinski definition) is 4. The molecule has 0 aromatic rings. The Bertz CT molecular complexity index is 315. The van der Waals surface area contributed by atoms with Gasteiger partial charge in [-0.3, -0.25) is 4.79 Å². The highest BCUT2D eigenvalue weighted by Crippen LogP contribution is 2.10. The zero-order chi connectivity index (χ0) is 14.8. The molecule has 0 spiro atoms. The van der Waals surface area contributed by atoms with E-state index in [0.717, 1.165) is 26.2 Å². The highest BCUT2D eigenvalue weighted by atomic mass is 16.5. The summed E-state index contributed by atoms with van der Waals surface area (Å²) in [6.07, 6.45) is 1.06. The minimum Gasteiger partial charge on any atom is -0.383 e. The number of amides is 1. The number of hydrogen-bond donors (Lipinski definition) is 2. The van der Waals surface area contributed by atoms with Crippen molar-refractivity contribution >= 4 is 11.9 Å². The maximum atomic E-state index is 11.6. The average molecular weight is 286 g/mol. The van der Waals surface area contributed by atoms with Gasteiger partial charge in [-0.2, -0.15) is 0 Å². The lowest BCUT2D eigenvalue weighted by molar-refractivity contribution is -0.127. The second-order valence-electron chi connectivity index (χ2n) is 4.98. The lowest BCUT2D eigenvalue weighted by Gasteiger charge is -2.15. The first-order chi connectivity index (χ1) is 9.63. The molecule has 1 amide bonds. The second-order valence-corrected chi connectivity index (χ2v) is 4.98. The minimum atomic E-state index is -0.0259. The number of carbonyl (C=O) groups excluding carboxylic acids is 1. The molecule has 1 aliphatic heterocycles. The minimum absolute atomic E-state index is 0.0259. The van der Waals surface area contributed by atoms with Gasteiger partial charge in [-0.05, 0) is 6.42 Å². The van der Waals surface area contributed by atoms with Crippen molar-refractivity contribution in [3.63, 3.8) is 0 Å². The van der Waals surface area contributed by atoms with Crippen LogP contribution in [0.3, 0.4) is 0 Å². The summed E-state index contributed by atoms with van der Waals surface area (Å²) in [5.74, 6) is 1.13. The highest BCUT2D eigenvalue weighted by Gasteiger charge is 2.15. The van der Waals surface area contributed by atoms with Crippen LogP contribution in [0.1, 0.15) is 6.42 Å². The van der Waals surface area contributed by atoms with Gasteiger partial charge in [0, 0.05) is 46.8 Å². The molecule has 0 radical (unpaired) electrons. The van der Waals surface area contributed by atoms with Gasteiger partial charge < -0.3 is 25.0 Å². The van der Waals surface area contributed by atoms with Crippen LogP contribution in [0.5, 0.6) is 0 Å². The molecule has 116 valence electrons. The quantitative estimate of drug-likeness (QED) is 0.367. The van der Waals surface area contributed by atoms with Crippen LogP contribution in [0.4, 0.5) is 0 Å². The second kappa shape index (κ2) is 9.55. The van der Waals surface area contributed by atoms with Crippen molar-refractivity contribution in [2.75, 3.05) is 60.7 Å². The molecule has 1 aliphatic rings. The molecule has 7 heteroatoms. The summed E-state index contributed by atoms with van der Waals surface area (Å²) in [6, 6.07) is 0. The smallest absolute Gasteiger partial charge is 0.243 e. The summed E-state index contributed by atoms with van der Waals surface area (Å²) >= 11 is 0. The number of methoxy groups -OCH3 is 1. The van der Waals surface area contributed by atoms with Crippen LogP contribution in [0.2, 0.25) is 0 Å². The zero-order valence-corrected chi connectivity index (χ0v) is 12.6. The molecule has 20 heavy (non-hydrogen) atoms. The molecule has 1 atom stereocenters. The fourth-order valence-corrected chi connectivity index (χ4v) is 1.72. The predicted octanol–water partition coefficient (Wildman–Crippen LogP) is -0.707. The molecule has 0 aromatic heterocycles. The first-order valence-corrected chi connectivity index (χ1v) is 6.92. The summed E-state index contributed by atoms with van der Waals surface area (Å²) in [4.78, 5) is 17.4. The molecule has 0 aliphatic carbocycles. The van der Waals surface area contributed by atoms with Crippen molar-refractivity contribution < 1.29 is 14.3 Å². The van der Waals surface area contributed by atoms with E-state index in [0.29, 0.717) is 25.0 Å². The number of nitrogens with one attached hydrogen (secondary N) is 2. The van der Waals surface area contributed by atoms with Gasteiger partial charge >= 0.3 is 0 Å². The normalized spacial score (nSPS) is 18.9. The third-order valence-electron chi connectivity index (χ3n) is 3.05. The molecule has 1 fully saturated rings. The predicted molar refractivity (Wildman–Crippen MR) is 77.8 cm³/mol. The standard InChI is InChI=1S/C13H26N4O3/c1-17(2)12(18)9-16-13(14-5-7-19-3)15-8-11-4-6-20-10-11/h11H,4-10H2,1-3H3,(H2,14,15,16). The third kappa shape index (κ3) is 6.72. The molecule has 7 nitrogen and oxygen atoms in total. The largest absolute Gasteiger partial charge is 0.383 e. The fraction of sp³-hybridized carbons (Fsp3) is 0.846. The SMILES string of the molecule is COCCNC(=NCC(=O)N(C)C)NCC1CCOC1. The van der Waals surface area contributed by atoms with Gasteiger partial charge in [0.1, 0.15) is 6.54 Å². The summed E-state index contributed by atoms with van der Waals surface area (Å²) in [7, 11) is 5.09. The molecule has 1 unspecified atom stereocenters. The lowest BCUT2D eigenvalue weighted by atomic mass is 10.1. The van der Waals surface area contributed by atoms with E-state index in [1.807, 2.05) is 0 Å². The van der Waals surface area contributed by atoms with Gasteiger partial charge in [-0.25, -0.2) is 4.99 Å². The van der Waals surface area contributed by atoms with Crippen molar-refractivity contribution in [3.05, 3.63) is 0 Å². The first kappa shape index (κ1) is 16.7. The van der Waals surface area contributed by atoms with Gasteiger partial charge in [-0.15, -0.1) is 0 Å².